The molecule has 0 aliphatic carbocycles. The number of imide groups is 1. The Morgan fingerprint density at radius 1 is 0.838 bits per heavy atom. The Hall–Kier alpha value is -3.28. The van der Waals surface area contributed by atoms with Crippen LogP contribution in [0.3, 0.4) is 0 Å². The SMILES string of the molecule is O=C1c2cccc3c(S(=O)(=O)NCc4ccc(C(F)(F)F)cc4)ccc(c23)C(=O)N1CCN1CCCC1. The van der Waals surface area contributed by atoms with Crippen LogP contribution >= 0.6 is 0 Å². The molecule has 1 saturated heterocycles. The lowest BCUT2D eigenvalue weighted by Crippen LogP contribution is -2.44. The first kappa shape index (κ1) is 25.4. The molecule has 2 aliphatic rings. The Morgan fingerprint density at radius 3 is 2.14 bits per heavy atom. The van der Waals surface area contributed by atoms with Gasteiger partial charge in [-0.15, -0.1) is 0 Å². The molecule has 0 spiro atoms. The van der Waals surface area contributed by atoms with Crippen molar-refractivity contribution in [2.24, 2.45) is 0 Å². The Morgan fingerprint density at radius 2 is 1.49 bits per heavy atom. The second-order valence-corrected chi connectivity index (χ2v) is 10.9. The molecule has 7 nitrogen and oxygen atoms in total. The summed E-state index contributed by atoms with van der Waals surface area (Å²) in [6.45, 7) is 2.48. The summed E-state index contributed by atoms with van der Waals surface area (Å²) in [7, 11) is -4.13. The minimum absolute atomic E-state index is 0.119. The van der Waals surface area contributed by atoms with Gasteiger partial charge in [0.25, 0.3) is 11.8 Å². The van der Waals surface area contributed by atoms with E-state index in [9.17, 15) is 31.2 Å². The van der Waals surface area contributed by atoms with E-state index in [1.54, 1.807) is 12.1 Å². The first-order valence-electron chi connectivity index (χ1n) is 11.9. The Bertz CT molecular complexity index is 1460. The molecule has 2 amide bonds. The molecule has 194 valence electrons. The molecule has 5 rings (SSSR count). The number of benzene rings is 3. The van der Waals surface area contributed by atoms with Crippen LogP contribution in [0.4, 0.5) is 13.2 Å². The third-order valence-electron chi connectivity index (χ3n) is 6.83. The van der Waals surface area contributed by atoms with Crippen LogP contribution in [0.25, 0.3) is 10.8 Å². The summed E-state index contributed by atoms with van der Waals surface area (Å²) in [5, 5.41) is 0.517. The number of carbonyl (C=O) groups is 2. The number of likely N-dealkylation sites (tertiary alicyclic amines) is 1. The number of hydrogen-bond acceptors (Lipinski definition) is 5. The summed E-state index contributed by atoms with van der Waals surface area (Å²) in [6, 6.07) is 11.6. The van der Waals surface area contributed by atoms with E-state index in [1.165, 1.54) is 35.2 Å². The highest BCUT2D eigenvalue weighted by Gasteiger charge is 2.35. The van der Waals surface area contributed by atoms with Gasteiger partial charge in [-0.25, -0.2) is 13.1 Å². The standard InChI is InChI=1S/C26H24F3N3O4S/c27-26(28,29)18-8-6-17(7-9-18)16-30-37(35,36)22-11-10-21-23-19(22)4-3-5-20(23)24(33)32(25(21)34)15-14-31-12-1-2-13-31/h3-11,30H,1-2,12-16H2. The van der Waals surface area contributed by atoms with Gasteiger partial charge in [-0.1, -0.05) is 24.3 Å². The first-order valence-corrected chi connectivity index (χ1v) is 13.3. The van der Waals surface area contributed by atoms with Crippen molar-refractivity contribution in [1.29, 1.82) is 0 Å². The van der Waals surface area contributed by atoms with E-state index in [2.05, 4.69) is 9.62 Å². The molecule has 0 aromatic heterocycles. The van der Waals surface area contributed by atoms with E-state index < -0.39 is 33.6 Å². The van der Waals surface area contributed by atoms with Crippen molar-refractivity contribution in [3.05, 3.63) is 76.9 Å². The van der Waals surface area contributed by atoms with Gasteiger partial charge in [0.15, 0.2) is 0 Å². The largest absolute Gasteiger partial charge is 0.416 e. The lowest BCUT2D eigenvalue weighted by molar-refractivity contribution is -0.137. The number of carbonyl (C=O) groups excluding carboxylic acids is 2. The third kappa shape index (κ3) is 4.86. The molecule has 2 aliphatic heterocycles. The van der Waals surface area contributed by atoms with Gasteiger partial charge in [-0.2, -0.15) is 13.2 Å². The van der Waals surface area contributed by atoms with E-state index in [0.29, 0.717) is 12.1 Å². The van der Waals surface area contributed by atoms with Crippen molar-refractivity contribution < 1.29 is 31.2 Å². The zero-order valence-electron chi connectivity index (χ0n) is 19.7. The van der Waals surface area contributed by atoms with Gasteiger partial charge in [0.1, 0.15) is 0 Å². The summed E-state index contributed by atoms with van der Waals surface area (Å²) in [5.74, 6) is -0.927. The number of rotatable bonds is 7. The van der Waals surface area contributed by atoms with Crippen LogP contribution in [0.5, 0.6) is 0 Å². The second kappa shape index (κ2) is 9.55. The minimum Gasteiger partial charge on any atom is -0.302 e. The fourth-order valence-electron chi connectivity index (χ4n) is 4.87. The van der Waals surface area contributed by atoms with Crippen molar-refractivity contribution in [2.75, 3.05) is 26.2 Å². The van der Waals surface area contributed by atoms with Gasteiger partial charge in [0, 0.05) is 41.5 Å². The molecule has 0 radical (unpaired) electrons. The average Bonchev–Trinajstić information content (AvgIpc) is 3.39. The smallest absolute Gasteiger partial charge is 0.302 e. The fraction of sp³-hybridized carbons (Fsp3) is 0.308. The maximum Gasteiger partial charge on any atom is 0.416 e. The van der Waals surface area contributed by atoms with Crippen LogP contribution in [0.1, 0.15) is 44.7 Å². The van der Waals surface area contributed by atoms with E-state index >= 15 is 0 Å². The van der Waals surface area contributed by atoms with Crippen molar-refractivity contribution in [3.63, 3.8) is 0 Å². The number of hydrogen-bond donors (Lipinski definition) is 1. The van der Waals surface area contributed by atoms with Crippen LogP contribution in [-0.4, -0.2) is 56.2 Å². The van der Waals surface area contributed by atoms with E-state index in [1.807, 2.05) is 0 Å². The highest BCUT2D eigenvalue weighted by Crippen LogP contribution is 2.34. The normalized spacial score (nSPS) is 16.7. The highest BCUT2D eigenvalue weighted by molar-refractivity contribution is 7.89. The van der Waals surface area contributed by atoms with Gasteiger partial charge >= 0.3 is 6.18 Å². The van der Waals surface area contributed by atoms with Gasteiger partial charge in [0.05, 0.1) is 10.5 Å². The van der Waals surface area contributed by atoms with E-state index in [-0.39, 0.29) is 39.9 Å². The van der Waals surface area contributed by atoms with Crippen LogP contribution in [0, 0.1) is 0 Å². The molecule has 0 atom stereocenters. The number of nitrogens with one attached hydrogen (secondary N) is 1. The number of sulfonamides is 1. The molecule has 0 bridgehead atoms. The number of halogens is 3. The average molecular weight is 532 g/mol. The van der Waals surface area contributed by atoms with Crippen LogP contribution in [0.15, 0.2) is 59.5 Å². The monoisotopic (exact) mass is 531 g/mol. The van der Waals surface area contributed by atoms with Gasteiger partial charge in [-0.05, 0) is 61.8 Å². The quantitative estimate of drug-likeness (QED) is 0.466. The zero-order chi connectivity index (χ0) is 26.4. The first-order chi connectivity index (χ1) is 17.6. The zero-order valence-corrected chi connectivity index (χ0v) is 20.5. The highest BCUT2D eigenvalue weighted by atomic mass is 32.2. The summed E-state index contributed by atoms with van der Waals surface area (Å²) in [5.41, 5.74) is 0.0337. The Balaban J connectivity index is 1.41. The molecule has 0 saturated carbocycles. The summed E-state index contributed by atoms with van der Waals surface area (Å²) < 4.78 is 67.1. The molecule has 37 heavy (non-hydrogen) atoms. The predicted octanol–water partition coefficient (Wildman–Crippen LogP) is 4.03. The molecule has 3 aromatic rings. The third-order valence-corrected chi connectivity index (χ3v) is 8.29. The molecule has 11 heteroatoms. The number of alkyl halides is 3. The van der Waals surface area contributed by atoms with Crippen molar-refractivity contribution >= 4 is 32.6 Å². The fourth-order valence-corrected chi connectivity index (χ4v) is 6.09. The molecular weight excluding hydrogens is 507 g/mol. The lowest BCUT2D eigenvalue weighted by Gasteiger charge is -2.29. The maximum atomic E-state index is 13.2. The summed E-state index contributed by atoms with van der Waals surface area (Å²) in [6.07, 6.45) is -2.30. The summed E-state index contributed by atoms with van der Waals surface area (Å²) in [4.78, 5) is 29.8. The van der Waals surface area contributed by atoms with Crippen LogP contribution in [0.2, 0.25) is 0 Å². The number of nitrogens with zero attached hydrogens (tertiary/aromatic N) is 2. The van der Waals surface area contributed by atoms with Crippen LogP contribution in [-0.2, 0) is 22.7 Å². The second-order valence-electron chi connectivity index (χ2n) is 9.17. The van der Waals surface area contributed by atoms with Crippen LogP contribution < -0.4 is 4.72 Å². The van der Waals surface area contributed by atoms with Gasteiger partial charge in [-0.3, -0.25) is 14.5 Å². The number of amides is 2. The van der Waals surface area contributed by atoms with Gasteiger partial charge in [0.2, 0.25) is 10.0 Å². The molecule has 2 heterocycles. The van der Waals surface area contributed by atoms with Crippen molar-refractivity contribution in [1.82, 2.24) is 14.5 Å². The van der Waals surface area contributed by atoms with Gasteiger partial charge < -0.3 is 4.90 Å². The Labute approximate surface area is 211 Å². The van der Waals surface area contributed by atoms with Crippen molar-refractivity contribution in [3.8, 4) is 0 Å². The molecule has 1 N–H and O–H groups in total. The molecular formula is C26H24F3N3O4S. The molecule has 1 fully saturated rings. The molecule has 3 aromatic carbocycles. The summed E-state index contributed by atoms with van der Waals surface area (Å²) >= 11 is 0. The minimum atomic E-state index is -4.49. The topological polar surface area (TPSA) is 86.8 Å². The predicted molar refractivity (Wildman–Crippen MR) is 130 cm³/mol. The van der Waals surface area contributed by atoms with E-state index in [0.717, 1.165) is 38.1 Å². The molecule has 0 unspecified atom stereocenters. The van der Waals surface area contributed by atoms with E-state index in [4.69, 9.17) is 0 Å². The Kier molecular flexibility index (Phi) is 6.55. The van der Waals surface area contributed by atoms with Crippen molar-refractivity contribution in [2.45, 2.75) is 30.5 Å². The maximum absolute atomic E-state index is 13.2. The lowest BCUT2D eigenvalue weighted by atomic mass is 9.94.